The lowest BCUT2D eigenvalue weighted by molar-refractivity contribution is -0.109. The SMILES string of the molecule is O=CC1CCCCN1c1ccccc1CCN1CCC(c2ccncc2)C1. The zero-order chi connectivity index (χ0) is 18.5. The van der Waals surface area contributed by atoms with Gasteiger partial charge in [0.05, 0.1) is 6.04 Å². The molecule has 2 atom stereocenters. The van der Waals surface area contributed by atoms with Crippen LogP contribution in [0, 0.1) is 0 Å². The fraction of sp³-hybridized carbons (Fsp3) is 0.478. The summed E-state index contributed by atoms with van der Waals surface area (Å²) >= 11 is 0. The molecule has 3 heterocycles. The van der Waals surface area contributed by atoms with E-state index in [2.05, 4.69) is 51.2 Å². The summed E-state index contributed by atoms with van der Waals surface area (Å²) in [5, 5.41) is 0. The molecule has 0 saturated carbocycles. The van der Waals surface area contributed by atoms with Crippen molar-refractivity contribution < 1.29 is 4.79 Å². The molecular formula is C23H29N3O. The summed E-state index contributed by atoms with van der Waals surface area (Å²) in [6.45, 7) is 4.37. The first-order valence-corrected chi connectivity index (χ1v) is 10.3. The zero-order valence-corrected chi connectivity index (χ0v) is 16.0. The van der Waals surface area contributed by atoms with Crippen LogP contribution in [0.2, 0.25) is 0 Å². The van der Waals surface area contributed by atoms with Crippen LogP contribution in [0.5, 0.6) is 0 Å². The van der Waals surface area contributed by atoms with E-state index < -0.39 is 0 Å². The Morgan fingerprint density at radius 3 is 2.74 bits per heavy atom. The standard InChI is InChI=1S/C23H29N3O/c27-18-22-6-3-4-14-26(22)23-7-2-1-5-20(23)10-15-25-16-11-21(17-25)19-8-12-24-13-9-19/h1-2,5,7-9,12-13,18,21-22H,3-4,6,10-11,14-17H2. The van der Waals surface area contributed by atoms with Gasteiger partial charge in [0.1, 0.15) is 6.29 Å². The number of aldehydes is 1. The van der Waals surface area contributed by atoms with Crippen LogP contribution in [-0.2, 0) is 11.2 Å². The molecule has 1 aromatic heterocycles. The fourth-order valence-electron chi connectivity index (χ4n) is 4.62. The molecule has 0 spiro atoms. The second-order valence-corrected chi connectivity index (χ2v) is 7.84. The van der Waals surface area contributed by atoms with Crippen molar-refractivity contribution in [2.75, 3.05) is 31.1 Å². The van der Waals surface area contributed by atoms with Gasteiger partial charge in [0, 0.05) is 37.7 Å². The van der Waals surface area contributed by atoms with Gasteiger partial charge >= 0.3 is 0 Å². The summed E-state index contributed by atoms with van der Waals surface area (Å²) < 4.78 is 0. The van der Waals surface area contributed by atoms with E-state index in [-0.39, 0.29) is 6.04 Å². The van der Waals surface area contributed by atoms with E-state index in [4.69, 9.17) is 0 Å². The van der Waals surface area contributed by atoms with Crippen molar-refractivity contribution in [3.63, 3.8) is 0 Å². The molecule has 27 heavy (non-hydrogen) atoms. The Labute approximate surface area is 162 Å². The van der Waals surface area contributed by atoms with Gasteiger partial charge in [-0.25, -0.2) is 0 Å². The summed E-state index contributed by atoms with van der Waals surface area (Å²) in [6.07, 6.45) is 10.5. The van der Waals surface area contributed by atoms with Gasteiger partial charge in [0.25, 0.3) is 0 Å². The van der Waals surface area contributed by atoms with Crippen molar-refractivity contribution in [2.24, 2.45) is 0 Å². The minimum Gasteiger partial charge on any atom is -0.362 e. The molecule has 2 unspecified atom stereocenters. The summed E-state index contributed by atoms with van der Waals surface area (Å²) in [5.74, 6) is 0.629. The van der Waals surface area contributed by atoms with Crippen LogP contribution in [-0.4, -0.2) is 48.4 Å². The first-order valence-electron chi connectivity index (χ1n) is 10.3. The van der Waals surface area contributed by atoms with E-state index in [1.807, 2.05) is 12.4 Å². The second-order valence-electron chi connectivity index (χ2n) is 7.84. The summed E-state index contributed by atoms with van der Waals surface area (Å²) in [7, 11) is 0. The van der Waals surface area contributed by atoms with Gasteiger partial charge in [-0.05, 0) is 73.9 Å². The predicted octanol–water partition coefficient (Wildman–Crippen LogP) is 3.67. The molecule has 142 valence electrons. The first-order chi connectivity index (χ1) is 13.3. The van der Waals surface area contributed by atoms with Crippen LogP contribution in [0.15, 0.2) is 48.8 Å². The average Bonchev–Trinajstić information content (AvgIpc) is 3.22. The Hall–Kier alpha value is -2.20. The fourth-order valence-corrected chi connectivity index (χ4v) is 4.62. The highest BCUT2D eigenvalue weighted by molar-refractivity contribution is 5.68. The third-order valence-corrected chi connectivity index (χ3v) is 6.15. The molecule has 2 aliphatic heterocycles. The van der Waals surface area contributed by atoms with Crippen molar-refractivity contribution in [3.05, 3.63) is 59.9 Å². The molecule has 1 aromatic carbocycles. The predicted molar refractivity (Wildman–Crippen MR) is 109 cm³/mol. The highest BCUT2D eigenvalue weighted by Gasteiger charge is 2.26. The highest BCUT2D eigenvalue weighted by atomic mass is 16.1. The molecular weight excluding hydrogens is 334 g/mol. The second kappa shape index (κ2) is 8.66. The maximum atomic E-state index is 11.5. The molecule has 2 aromatic rings. The van der Waals surface area contributed by atoms with Crippen molar-refractivity contribution >= 4 is 12.0 Å². The highest BCUT2D eigenvalue weighted by Crippen LogP contribution is 2.30. The van der Waals surface area contributed by atoms with Gasteiger partial charge in [-0.1, -0.05) is 18.2 Å². The van der Waals surface area contributed by atoms with Gasteiger partial charge in [-0.15, -0.1) is 0 Å². The van der Waals surface area contributed by atoms with Crippen LogP contribution < -0.4 is 4.90 Å². The number of para-hydroxylation sites is 1. The van der Waals surface area contributed by atoms with Crippen molar-refractivity contribution in [3.8, 4) is 0 Å². The van der Waals surface area contributed by atoms with Crippen molar-refractivity contribution in [2.45, 2.75) is 44.1 Å². The van der Waals surface area contributed by atoms with Crippen LogP contribution in [0.25, 0.3) is 0 Å². The van der Waals surface area contributed by atoms with E-state index >= 15 is 0 Å². The molecule has 0 radical (unpaired) electrons. The summed E-state index contributed by atoms with van der Waals surface area (Å²) in [5.41, 5.74) is 4.05. The third kappa shape index (κ3) is 4.22. The van der Waals surface area contributed by atoms with Gasteiger partial charge < -0.3 is 14.6 Å². The Bertz CT molecular complexity index is 748. The van der Waals surface area contributed by atoms with E-state index in [1.54, 1.807) is 0 Å². The maximum Gasteiger partial charge on any atom is 0.142 e. The number of rotatable bonds is 6. The number of aromatic nitrogens is 1. The van der Waals surface area contributed by atoms with Gasteiger partial charge in [-0.3, -0.25) is 4.98 Å². The monoisotopic (exact) mass is 363 g/mol. The Morgan fingerprint density at radius 1 is 1.04 bits per heavy atom. The molecule has 2 aliphatic rings. The normalized spacial score (nSPS) is 23.5. The quantitative estimate of drug-likeness (QED) is 0.734. The maximum absolute atomic E-state index is 11.5. The van der Waals surface area contributed by atoms with Crippen LogP contribution >= 0.6 is 0 Å². The van der Waals surface area contributed by atoms with Crippen LogP contribution in [0.1, 0.15) is 42.7 Å². The zero-order valence-electron chi connectivity index (χ0n) is 16.0. The Kier molecular flexibility index (Phi) is 5.83. The van der Waals surface area contributed by atoms with E-state index in [0.717, 1.165) is 51.7 Å². The molecule has 0 N–H and O–H groups in total. The largest absolute Gasteiger partial charge is 0.362 e. The Balaban J connectivity index is 1.40. The number of hydrogen-bond acceptors (Lipinski definition) is 4. The van der Waals surface area contributed by atoms with Gasteiger partial charge in [0.15, 0.2) is 0 Å². The minimum absolute atomic E-state index is 0.0442. The summed E-state index contributed by atoms with van der Waals surface area (Å²) in [6, 6.07) is 13.0. The lowest BCUT2D eigenvalue weighted by atomic mass is 9.99. The number of carbonyl (C=O) groups excluding carboxylic acids is 1. The lowest BCUT2D eigenvalue weighted by Crippen LogP contribution is -2.41. The Morgan fingerprint density at radius 2 is 1.89 bits per heavy atom. The smallest absolute Gasteiger partial charge is 0.142 e. The lowest BCUT2D eigenvalue weighted by Gasteiger charge is -2.35. The number of anilines is 1. The number of pyridine rings is 1. The number of nitrogens with zero attached hydrogens (tertiary/aromatic N) is 3. The van der Waals surface area contributed by atoms with Gasteiger partial charge in [-0.2, -0.15) is 0 Å². The van der Waals surface area contributed by atoms with Crippen LogP contribution in [0.3, 0.4) is 0 Å². The number of hydrogen-bond donors (Lipinski definition) is 0. The topological polar surface area (TPSA) is 36.4 Å². The molecule has 0 amide bonds. The minimum atomic E-state index is 0.0442. The first kappa shape index (κ1) is 18.2. The third-order valence-electron chi connectivity index (χ3n) is 6.15. The number of benzene rings is 1. The van der Waals surface area contributed by atoms with E-state index in [1.165, 1.54) is 29.7 Å². The number of carbonyl (C=O) groups is 1. The van der Waals surface area contributed by atoms with Crippen molar-refractivity contribution in [1.82, 2.24) is 9.88 Å². The van der Waals surface area contributed by atoms with Gasteiger partial charge in [0.2, 0.25) is 0 Å². The molecule has 2 saturated heterocycles. The molecule has 0 bridgehead atoms. The molecule has 4 nitrogen and oxygen atoms in total. The molecule has 2 fully saturated rings. The van der Waals surface area contributed by atoms with E-state index in [0.29, 0.717) is 5.92 Å². The van der Waals surface area contributed by atoms with Crippen molar-refractivity contribution in [1.29, 1.82) is 0 Å². The molecule has 0 aliphatic carbocycles. The molecule has 4 heteroatoms. The van der Waals surface area contributed by atoms with Crippen LogP contribution in [0.4, 0.5) is 5.69 Å². The van der Waals surface area contributed by atoms with E-state index in [9.17, 15) is 4.79 Å². The molecule has 4 rings (SSSR count). The number of likely N-dealkylation sites (tertiary alicyclic amines) is 1. The summed E-state index contributed by atoms with van der Waals surface area (Å²) in [4.78, 5) is 20.6. The average molecular weight is 364 g/mol. The number of piperidine rings is 1.